The largest absolute Gasteiger partial charge is 0.370 e. The molecule has 0 amide bonds. The predicted molar refractivity (Wildman–Crippen MR) is 75.5 cm³/mol. The van der Waals surface area contributed by atoms with E-state index in [1.54, 1.807) is 0 Å². The highest BCUT2D eigenvalue weighted by atomic mass is 79.9. The van der Waals surface area contributed by atoms with E-state index >= 15 is 0 Å². The maximum Gasteiger partial charge on any atom is 0.200 e. The molecule has 7 heteroatoms. The zero-order chi connectivity index (χ0) is 13.0. The molecule has 4 nitrogen and oxygen atoms in total. The number of guanidine groups is 1. The van der Waals surface area contributed by atoms with Crippen LogP contribution in [0.15, 0.2) is 21.6 Å². The van der Waals surface area contributed by atoms with Crippen LogP contribution in [0.2, 0.25) is 0 Å². The molecular weight excluding hydrogens is 307 g/mol. The molecule has 0 heterocycles. The highest BCUT2D eigenvalue weighted by Gasteiger charge is 2.09. The van der Waals surface area contributed by atoms with Gasteiger partial charge in [-0.3, -0.25) is 0 Å². The Morgan fingerprint density at radius 2 is 2.18 bits per heavy atom. The molecule has 0 aliphatic rings. The summed E-state index contributed by atoms with van der Waals surface area (Å²) in [5, 5.41) is 2.99. The monoisotopic (exact) mass is 318 g/mol. The highest BCUT2D eigenvalue weighted by molar-refractivity contribution is 9.10. The lowest BCUT2D eigenvalue weighted by atomic mass is 10.1. The Hall–Kier alpha value is -1.21. The summed E-state index contributed by atoms with van der Waals surface area (Å²) in [5.74, 6) is -0.439. The SMILES string of the molecule is CCc1cc(F)cc(Br)c1NC(=S)N=C(N)N. The van der Waals surface area contributed by atoms with Gasteiger partial charge < -0.3 is 16.8 Å². The molecule has 0 aromatic heterocycles. The molecule has 0 saturated carbocycles. The number of nitrogens with zero attached hydrogens (tertiary/aromatic N) is 1. The summed E-state index contributed by atoms with van der Waals surface area (Å²) in [6.45, 7) is 1.91. The Bertz CT molecular complexity index is 472. The second-order valence-electron chi connectivity index (χ2n) is 3.24. The summed E-state index contributed by atoms with van der Waals surface area (Å²) in [6.07, 6.45) is 0.656. The maximum atomic E-state index is 13.2. The van der Waals surface area contributed by atoms with Gasteiger partial charge in [0.25, 0.3) is 0 Å². The average Bonchev–Trinajstić information content (AvgIpc) is 2.20. The Kier molecular flexibility index (Phi) is 4.83. The van der Waals surface area contributed by atoms with E-state index in [0.29, 0.717) is 16.6 Å². The van der Waals surface area contributed by atoms with Gasteiger partial charge in [0.2, 0.25) is 5.11 Å². The van der Waals surface area contributed by atoms with Crippen molar-refractivity contribution in [3.05, 3.63) is 28.0 Å². The van der Waals surface area contributed by atoms with Crippen molar-refractivity contribution in [2.24, 2.45) is 16.5 Å². The fraction of sp³-hybridized carbons (Fsp3) is 0.200. The van der Waals surface area contributed by atoms with Crippen molar-refractivity contribution in [3.63, 3.8) is 0 Å². The van der Waals surface area contributed by atoms with Crippen LogP contribution in [-0.2, 0) is 6.42 Å². The van der Waals surface area contributed by atoms with Crippen molar-refractivity contribution < 1.29 is 4.39 Å². The van der Waals surface area contributed by atoms with Crippen molar-refractivity contribution in [2.45, 2.75) is 13.3 Å². The fourth-order valence-electron chi connectivity index (χ4n) is 1.30. The van der Waals surface area contributed by atoms with E-state index in [1.165, 1.54) is 12.1 Å². The van der Waals surface area contributed by atoms with Crippen molar-refractivity contribution in [1.29, 1.82) is 0 Å². The lowest BCUT2D eigenvalue weighted by Gasteiger charge is -2.12. The van der Waals surface area contributed by atoms with Gasteiger partial charge >= 0.3 is 0 Å². The van der Waals surface area contributed by atoms with Crippen molar-refractivity contribution >= 4 is 44.9 Å². The van der Waals surface area contributed by atoms with E-state index in [9.17, 15) is 4.39 Å². The molecule has 0 aliphatic heterocycles. The first-order valence-electron chi connectivity index (χ1n) is 4.82. The first kappa shape index (κ1) is 13.9. The summed E-state index contributed by atoms with van der Waals surface area (Å²) >= 11 is 8.20. The first-order chi connectivity index (χ1) is 7.93. The number of aliphatic imine (C=N–C) groups is 1. The van der Waals surface area contributed by atoms with E-state index in [4.69, 9.17) is 23.7 Å². The van der Waals surface area contributed by atoms with Gasteiger partial charge in [-0.1, -0.05) is 6.92 Å². The number of anilines is 1. The molecule has 1 rings (SSSR count). The van der Waals surface area contributed by atoms with E-state index in [0.717, 1.165) is 5.56 Å². The Balaban J connectivity index is 3.06. The third kappa shape index (κ3) is 3.94. The van der Waals surface area contributed by atoms with Crippen LogP contribution in [0.5, 0.6) is 0 Å². The van der Waals surface area contributed by atoms with Gasteiger partial charge in [-0.05, 0) is 52.3 Å². The maximum absolute atomic E-state index is 13.2. The van der Waals surface area contributed by atoms with Gasteiger partial charge in [-0.2, -0.15) is 4.99 Å². The zero-order valence-corrected chi connectivity index (χ0v) is 11.5. The van der Waals surface area contributed by atoms with E-state index in [1.807, 2.05) is 6.92 Å². The van der Waals surface area contributed by atoms with Crippen LogP contribution >= 0.6 is 28.1 Å². The minimum Gasteiger partial charge on any atom is -0.370 e. The average molecular weight is 319 g/mol. The number of halogens is 2. The number of nitrogens with two attached hydrogens (primary N) is 2. The number of hydrogen-bond donors (Lipinski definition) is 3. The molecule has 1 aromatic carbocycles. The van der Waals surface area contributed by atoms with E-state index < -0.39 is 0 Å². The van der Waals surface area contributed by atoms with Gasteiger partial charge in [-0.25, -0.2) is 4.39 Å². The quantitative estimate of drug-likeness (QED) is 0.443. The van der Waals surface area contributed by atoms with Crippen LogP contribution in [0.4, 0.5) is 10.1 Å². The molecule has 0 spiro atoms. The van der Waals surface area contributed by atoms with Crippen LogP contribution in [0.1, 0.15) is 12.5 Å². The number of hydrogen-bond acceptors (Lipinski definition) is 1. The number of benzene rings is 1. The number of rotatable bonds is 2. The first-order valence-corrected chi connectivity index (χ1v) is 6.02. The summed E-state index contributed by atoms with van der Waals surface area (Å²) in [6, 6.07) is 2.78. The van der Waals surface area contributed by atoms with Crippen LogP contribution in [-0.4, -0.2) is 11.1 Å². The molecule has 0 atom stereocenters. The molecule has 0 saturated heterocycles. The standard InChI is InChI=1S/C10H12BrFN4S/c1-2-5-3-6(12)4-7(11)8(5)15-10(17)16-9(13)14/h3-4H,2H2,1H3,(H5,13,14,15,16,17). The van der Waals surface area contributed by atoms with Crippen LogP contribution < -0.4 is 16.8 Å². The summed E-state index contributed by atoms with van der Waals surface area (Å²) in [7, 11) is 0. The summed E-state index contributed by atoms with van der Waals surface area (Å²) < 4.78 is 13.8. The number of nitrogens with one attached hydrogen (secondary N) is 1. The Morgan fingerprint density at radius 3 is 2.71 bits per heavy atom. The molecule has 0 unspecified atom stereocenters. The molecule has 0 fully saturated rings. The van der Waals surface area contributed by atoms with Crippen molar-refractivity contribution in [1.82, 2.24) is 0 Å². The topological polar surface area (TPSA) is 76.4 Å². The lowest BCUT2D eigenvalue weighted by molar-refractivity contribution is 0.625. The van der Waals surface area contributed by atoms with Gasteiger partial charge in [0.15, 0.2) is 5.96 Å². The predicted octanol–water partition coefficient (Wildman–Crippen LogP) is 2.12. The van der Waals surface area contributed by atoms with Gasteiger partial charge in [0.1, 0.15) is 5.82 Å². The molecule has 92 valence electrons. The molecule has 5 N–H and O–H groups in total. The zero-order valence-electron chi connectivity index (χ0n) is 9.13. The van der Waals surface area contributed by atoms with E-state index in [2.05, 4.69) is 26.2 Å². The Labute approximate surface area is 112 Å². The number of thiocarbonyl (C=S) groups is 1. The second kappa shape index (κ2) is 5.92. The molecule has 17 heavy (non-hydrogen) atoms. The van der Waals surface area contributed by atoms with Gasteiger partial charge in [0.05, 0.1) is 5.69 Å². The number of aryl methyl sites for hydroxylation is 1. The third-order valence-corrected chi connectivity index (χ3v) is 2.80. The molecule has 1 aromatic rings. The summed E-state index contributed by atoms with van der Waals surface area (Å²) in [5.41, 5.74) is 11.9. The minimum atomic E-state index is -0.313. The molecular formula is C10H12BrFN4S. The van der Waals surface area contributed by atoms with E-state index in [-0.39, 0.29) is 16.9 Å². The normalized spacial score (nSPS) is 9.82. The van der Waals surface area contributed by atoms with Crippen molar-refractivity contribution in [2.75, 3.05) is 5.32 Å². The highest BCUT2D eigenvalue weighted by Crippen LogP contribution is 2.28. The Morgan fingerprint density at radius 1 is 1.53 bits per heavy atom. The van der Waals surface area contributed by atoms with Crippen LogP contribution in [0.25, 0.3) is 0 Å². The summed E-state index contributed by atoms with van der Waals surface area (Å²) in [4.78, 5) is 3.69. The third-order valence-electron chi connectivity index (χ3n) is 1.98. The molecule has 0 aliphatic carbocycles. The van der Waals surface area contributed by atoms with Gasteiger partial charge in [-0.15, -0.1) is 0 Å². The van der Waals surface area contributed by atoms with Crippen LogP contribution in [0.3, 0.4) is 0 Å². The molecule has 0 radical (unpaired) electrons. The smallest absolute Gasteiger partial charge is 0.200 e. The lowest BCUT2D eigenvalue weighted by Crippen LogP contribution is -2.25. The van der Waals surface area contributed by atoms with Gasteiger partial charge in [0, 0.05) is 4.47 Å². The minimum absolute atomic E-state index is 0.126. The van der Waals surface area contributed by atoms with Crippen LogP contribution in [0, 0.1) is 5.82 Å². The fourth-order valence-corrected chi connectivity index (χ4v) is 2.08. The molecule has 0 bridgehead atoms. The second-order valence-corrected chi connectivity index (χ2v) is 4.48. The van der Waals surface area contributed by atoms with Crippen molar-refractivity contribution in [3.8, 4) is 0 Å².